The van der Waals surface area contributed by atoms with Crippen molar-refractivity contribution in [3.63, 3.8) is 0 Å². The van der Waals surface area contributed by atoms with Crippen LogP contribution in [0.15, 0.2) is 29.2 Å². The van der Waals surface area contributed by atoms with Gasteiger partial charge in [0.1, 0.15) is 5.84 Å². The van der Waals surface area contributed by atoms with Crippen molar-refractivity contribution in [2.45, 2.75) is 24.3 Å². The molecule has 0 aliphatic rings. The van der Waals surface area contributed by atoms with Crippen LogP contribution < -0.4 is 5.73 Å². The zero-order valence-electron chi connectivity index (χ0n) is 12.4. The van der Waals surface area contributed by atoms with Gasteiger partial charge >= 0.3 is 0 Å². The Morgan fingerprint density at radius 1 is 1.43 bits per heavy atom. The molecule has 0 fully saturated rings. The fourth-order valence-electron chi connectivity index (χ4n) is 1.77. The molecule has 0 heterocycles. The molecule has 0 spiro atoms. The maximum absolute atomic E-state index is 12.3. The quantitative estimate of drug-likeness (QED) is 0.477. The van der Waals surface area contributed by atoms with Crippen molar-refractivity contribution in [3.8, 4) is 0 Å². The number of nitrogens with one attached hydrogen (secondary N) is 1. The van der Waals surface area contributed by atoms with Gasteiger partial charge < -0.3 is 15.7 Å². The Balaban J connectivity index is 2.69. The van der Waals surface area contributed by atoms with E-state index in [9.17, 15) is 13.5 Å². The van der Waals surface area contributed by atoms with Gasteiger partial charge in [-0.15, -0.1) is 0 Å². The highest BCUT2D eigenvalue weighted by Crippen LogP contribution is 2.13. The number of sulfone groups is 1. The van der Waals surface area contributed by atoms with Crippen molar-refractivity contribution in [1.82, 2.24) is 4.90 Å². The van der Waals surface area contributed by atoms with Crippen LogP contribution in [0, 0.1) is 5.41 Å². The Kier molecular flexibility index (Phi) is 6.32. The molecule has 1 unspecified atom stereocenters. The number of nitrogens with two attached hydrogens (primary N) is 1. The molecule has 7 heteroatoms. The van der Waals surface area contributed by atoms with Crippen LogP contribution in [-0.4, -0.2) is 56.3 Å². The molecule has 1 atom stereocenters. The first-order valence-electron chi connectivity index (χ1n) is 6.76. The van der Waals surface area contributed by atoms with Gasteiger partial charge in [0.05, 0.1) is 16.8 Å². The van der Waals surface area contributed by atoms with Gasteiger partial charge in [-0.1, -0.05) is 12.1 Å². The summed E-state index contributed by atoms with van der Waals surface area (Å²) in [6, 6.07) is 6.13. The summed E-state index contributed by atoms with van der Waals surface area (Å²) in [5, 5.41) is 16.6. The highest BCUT2D eigenvalue weighted by Gasteiger charge is 2.16. The largest absolute Gasteiger partial charge is 0.393 e. The van der Waals surface area contributed by atoms with Crippen LogP contribution in [0.25, 0.3) is 0 Å². The molecule has 0 aromatic heterocycles. The smallest absolute Gasteiger partial charge is 0.179 e. The van der Waals surface area contributed by atoms with E-state index in [1.165, 1.54) is 12.1 Å². The minimum atomic E-state index is -3.41. The number of aliphatic hydroxyl groups is 1. The molecule has 0 aliphatic heterocycles. The second-order valence-electron chi connectivity index (χ2n) is 5.20. The normalized spacial score (nSPS) is 13.3. The van der Waals surface area contributed by atoms with E-state index in [1.807, 2.05) is 11.9 Å². The summed E-state index contributed by atoms with van der Waals surface area (Å²) < 4.78 is 24.5. The van der Waals surface area contributed by atoms with Crippen molar-refractivity contribution >= 4 is 15.7 Å². The van der Waals surface area contributed by atoms with Gasteiger partial charge in [0.15, 0.2) is 9.84 Å². The summed E-state index contributed by atoms with van der Waals surface area (Å²) in [6.45, 7) is 2.73. The third-order valence-corrected chi connectivity index (χ3v) is 4.87. The third kappa shape index (κ3) is 5.82. The molecular formula is C14H23N3O3S. The topological polar surface area (TPSA) is 107 Å². The lowest BCUT2D eigenvalue weighted by Gasteiger charge is -2.17. The molecule has 21 heavy (non-hydrogen) atoms. The highest BCUT2D eigenvalue weighted by atomic mass is 32.2. The van der Waals surface area contributed by atoms with Crippen LogP contribution >= 0.6 is 0 Å². The molecule has 118 valence electrons. The highest BCUT2D eigenvalue weighted by molar-refractivity contribution is 7.91. The lowest BCUT2D eigenvalue weighted by Crippen LogP contribution is -2.28. The molecule has 0 amide bonds. The molecule has 6 nitrogen and oxygen atoms in total. The van der Waals surface area contributed by atoms with Crippen molar-refractivity contribution < 1.29 is 13.5 Å². The Hall–Kier alpha value is -1.44. The van der Waals surface area contributed by atoms with E-state index in [4.69, 9.17) is 11.1 Å². The Morgan fingerprint density at radius 2 is 2.10 bits per heavy atom. The molecule has 1 rings (SSSR count). The molecule has 0 radical (unpaired) electrons. The zero-order chi connectivity index (χ0) is 16.0. The van der Waals surface area contributed by atoms with Gasteiger partial charge in [-0.25, -0.2) is 8.42 Å². The van der Waals surface area contributed by atoms with Crippen molar-refractivity contribution in [2.24, 2.45) is 5.73 Å². The van der Waals surface area contributed by atoms with Gasteiger partial charge in [0.2, 0.25) is 0 Å². The Bertz CT molecular complexity index is 585. The number of rotatable bonds is 8. The predicted molar refractivity (Wildman–Crippen MR) is 83.3 cm³/mol. The summed E-state index contributed by atoms with van der Waals surface area (Å²) in [5.41, 5.74) is 5.77. The van der Waals surface area contributed by atoms with E-state index in [2.05, 4.69) is 0 Å². The van der Waals surface area contributed by atoms with Crippen molar-refractivity contribution in [1.29, 1.82) is 5.41 Å². The number of amidine groups is 1. The van der Waals surface area contributed by atoms with Crippen molar-refractivity contribution in [3.05, 3.63) is 29.8 Å². The van der Waals surface area contributed by atoms with Gasteiger partial charge in [0, 0.05) is 18.7 Å². The van der Waals surface area contributed by atoms with Gasteiger partial charge in [-0.05, 0) is 32.5 Å². The Labute approximate surface area is 126 Å². The number of nitrogens with zero attached hydrogens (tertiary/aromatic N) is 1. The van der Waals surface area contributed by atoms with Crippen LogP contribution in [-0.2, 0) is 9.84 Å². The maximum atomic E-state index is 12.3. The predicted octanol–water partition coefficient (Wildman–Crippen LogP) is 0.447. The Morgan fingerprint density at radius 3 is 2.67 bits per heavy atom. The van der Waals surface area contributed by atoms with Crippen molar-refractivity contribution in [2.75, 3.05) is 25.9 Å². The number of aliphatic hydroxyl groups excluding tert-OH is 1. The molecule has 0 bridgehead atoms. The summed E-state index contributed by atoms with van der Waals surface area (Å²) >= 11 is 0. The third-order valence-electron chi connectivity index (χ3n) is 3.17. The number of hydrogen-bond acceptors (Lipinski definition) is 5. The number of nitrogen functional groups attached to an aromatic ring is 1. The molecular weight excluding hydrogens is 290 g/mol. The maximum Gasteiger partial charge on any atom is 0.179 e. The first-order valence-corrected chi connectivity index (χ1v) is 8.41. The fraction of sp³-hybridized carbons (Fsp3) is 0.500. The average molecular weight is 313 g/mol. The zero-order valence-corrected chi connectivity index (χ0v) is 13.2. The molecule has 0 aliphatic carbocycles. The molecule has 0 saturated carbocycles. The molecule has 4 N–H and O–H groups in total. The van der Waals surface area contributed by atoms with E-state index in [-0.39, 0.29) is 16.5 Å². The molecule has 1 aromatic rings. The number of benzene rings is 1. The second-order valence-corrected chi connectivity index (χ2v) is 7.31. The van der Waals surface area contributed by atoms with Crippen LogP contribution in [0.2, 0.25) is 0 Å². The van der Waals surface area contributed by atoms with E-state index < -0.39 is 15.9 Å². The minimum Gasteiger partial charge on any atom is -0.393 e. The van der Waals surface area contributed by atoms with Gasteiger partial charge in [-0.2, -0.15) is 0 Å². The summed E-state index contributed by atoms with van der Waals surface area (Å²) in [4.78, 5) is 2.05. The lowest BCUT2D eigenvalue weighted by atomic mass is 10.2. The monoisotopic (exact) mass is 313 g/mol. The van der Waals surface area contributed by atoms with E-state index in [1.54, 1.807) is 19.1 Å². The first kappa shape index (κ1) is 17.6. The van der Waals surface area contributed by atoms with Gasteiger partial charge in [-0.3, -0.25) is 5.41 Å². The SMILES string of the molecule is CC(O)CCN(C)CCS(=O)(=O)c1cccc(C(=N)N)c1. The first-order chi connectivity index (χ1) is 9.72. The van der Waals surface area contributed by atoms with Gasteiger partial charge in [0.25, 0.3) is 0 Å². The van der Waals surface area contributed by atoms with E-state index >= 15 is 0 Å². The van der Waals surface area contributed by atoms with Crippen LogP contribution in [0.1, 0.15) is 18.9 Å². The number of hydrogen-bond donors (Lipinski definition) is 3. The van der Waals surface area contributed by atoms with Crippen LogP contribution in [0.5, 0.6) is 0 Å². The second kappa shape index (κ2) is 7.53. The molecule has 1 aromatic carbocycles. The van der Waals surface area contributed by atoms with E-state index in [0.717, 1.165) is 0 Å². The standard InChI is InChI=1S/C14H23N3O3S/c1-11(18)6-7-17(2)8-9-21(19,20)13-5-3-4-12(10-13)14(15)16/h3-5,10-11,18H,6-9H2,1-2H3,(H3,15,16). The average Bonchev–Trinajstić information content (AvgIpc) is 2.43. The summed E-state index contributed by atoms with van der Waals surface area (Å²) in [7, 11) is -1.58. The summed E-state index contributed by atoms with van der Waals surface area (Å²) in [5.74, 6) is -0.161. The lowest BCUT2D eigenvalue weighted by molar-refractivity contribution is 0.166. The van der Waals surface area contributed by atoms with Crippen LogP contribution in [0.4, 0.5) is 0 Å². The van der Waals surface area contributed by atoms with E-state index in [0.29, 0.717) is 25.1 Å². The fourth-order valence-corrected chi connectivity index (χ4v) is 3.15. The summed E-state index contributed by atoms with van der Waals surface area (Å²) in [6.07, 6.45) is 0.215. The molecule has 0 saturated heterocycles. The minimum absolute atomic E-state index is 0.00926. The van der Waals surface area contributed by atoms with Crippen LogP contribution in [0.3, 0.4) is 0 Å².